The molecule has 9 rings (SSSR count). The smallest absolute Gasteiger partial charge is 0.166 e. The molecule has 0 atom stereocenters. The van der Waals surface area contributed by atoms with Crippen molar-refractivity contribution >= 4 is 80.8 Å². The van der Waals surface area contributed by atoms with Crippen molar-refractivity contribution in [1.82, 2.24) is 19.1 Å². The fourth-order valence-electron chi connectivity index (χ4n) is 8.11. The SMILES string of the molecule is C=C/C=c1\c(=C/C)c2nc3c(C=C)c(/C=C\C)n(-c4ccc(N(c5ccccc5)c5ccccc5)cc4)c3nc2n1-c1ccc(N(c2ccccc2)c2ccccc2)cc1.CC. The van der Waals surface area contributed by atoms with Gasteiger partial charge in [-0.2, -0.15) is 0 Å². The van der Waals surface area contributed by atoms with E-state index in [-0.39, 0.29) is 0 Å². The monoisotopic (exact) mass is 806 g/mol. The van der Waals surface area contributed by atoms with Crippen molar-refractivity contribution in [3.05, 3.63) is 217 Å². The van der Waals surface area contributed by atoms with Crippen LogP contribution >= 0.6 is 0 Å². The average molecular weight is 807 g/mol. The summed E-state index contributed by atoms with van der Waals surface area (Å²) in [4.78, 5) is 15.5. The predicted molar refractivity (Wildman–Crippen MR) is 265 cm³/mol. The summed E-state index contributed by atoms with van der Waals surface area (Å²) in [5, 5.41) is 1.94. The van der Waals surface area contributed by atoms with Crippen LogP contribution in [0.2, 0.25) is 0 Å². The molecule has 0 saturated heterocycles. The number of nitrogens with zero attached hydrogens (tertiary/aromatic N) is 6. The Morgan fingerprint density at radius 1 is 0.484 bits per heavy atom. The van der Waals surface area contributed by atoms with Crippen molar-refractivity contribution in [2.45, 2.75) is 27.7 Å². The van der Waals surface area contributed by atoms with Gasteiger partial charge >= 0.3 is 0 Å². The zero-order valence-corrected chi connectivity index (χ0v) is 35.7. The minimum atomic E-state index is 0.740. The lowest BCUT2D eigenvalue weighted by molar-refractivity contribution is 1.03. The van der Waals surface area contributed by atoms with Crippen LogP contribution in [0.3, 0.4) is 0 Å². The average Bonchev–Trinajstić information content (AvgIpc) is 3.81. The lowest BCUT2D eigenvalue weighted by Gasteiger charge is -2.25. The molecule has 0 radical (unpaired) electrons. The topological polar surface area (TPSA) is 42.1 Å². The van der Waals surface area contributed by atoms with Gasteiger partial charge in [-0.3, -0.25) is 9.13 Å². The zero-order chi connectivity index (χ0) is 43.0. The van der Waals surface area contributed by atoms with E-state index in [0.717, 1.165) is 89.7 Å². The fourth-order valence-corrected chi connectivity index (χ4v) is 8.11. The molecule has 0 aliphatic heterocycles. The quantitative estimate of drug-likeness (QED) is 0.131. The van der Waals surface area contributed by atoms with Gasteiger partial charge in [0.1, 0.15) is 11.0 Å². The number of aromatic nitrogens is 4. The van der Waals surface area contributed by atoms with Gasteiger partial charge in [0.2, 0.25) is 0 Å². The zero-order valence-electron chi connectivity index (χ0n) is 35.7. The summed E-state index contributed by atoms with van der Waals surface area (Å²) in [5.41, 5.74) is 13.3. The van der Waals surface area contributed by atoms with E-state index in [4.69, 9.17) is 9.97 Å². The Hall–Kier alpha value is -7.96. The Bertz CT molecular complexity index is 3030. The highest BCUT2D eigenvalue weighted by Gasteiger charge is 2.23. The molecule has 0 spiro atoms. The van der Waals surface area contributed by atoms with E-state index < -0.39 is 0 Å². The van der Waals surface area contributed by atoms with Gasteiger partial charge in [-0.25, -0.2) is 9.97 Å². The Morgan fingerprint density at radius 3 is 1.27 bits per heavy atom. The summed E-state index contributed by atoms with van der Waals surface area (Å²) >= 11 is 0. The number of allylic oxidation sites excluding steroid dienone is 2. The van der Waals surface area contributed by atoms with E-state index in [2.05, 4.69) is 196 Å². The van der Waals surface area contributed by atoms with E-state index in [1.807, 2.05) is 70.2 Å². The lowest BCUT2D eigenvalue weighted by atomic mass is 10.1. The summed E-state index contributed by atoms with van der Waals surface area (Å²) in [6, 6.07) is 59.1. The van der Waals surface area contributed by atoms with Crippen molar-refractivity contribution in [3.63, 3.8) is 0 Å². The van der Waals surface area contributed by atoms with Gasteiger partial charge in [-0.05, 0) is 123 Å². The Morgan fingerprint density at radius 2 is 0.887 bits per heavy atom. The van der Waals surface area contributed by atoms with Crippen molar-refractivity contribution in [1.29, 1.82) is 0 Å². The van der Waals surface area contributed by atoms with Crippen LogP contribution in [0.25, 0.3) is 58.0 Å². The second kappa shape index (κ2) is 18.5. The maximum absolute atomic E-state index is 5.55. The molecule has 3 heterocycles. The van der Waals surface area contributed by atoms with Crippen LogP contribution in [-0.2, 0) is 0 Å². The molecule has 0 amide bonds. The first-order valence-electron chi connectivity index (χ1n) is 21.2. The second-order valence-electron chi connectivity index (χ2n) is 14.3. The molecule has 0 unspecified atom stereocenters. The summed E-state index contributed by atoms with van der Waals surface area (Å²) in [5.74, 6) is 0. The van der Waals surface area contributed by atoms with E-state index in [1.165, 1.54) is 0 Å². The van der Waals surface area contributed by atoms with Crippen molar-refractivity contribution in [3.8, 4) is 11.4 Å². The third-order valence-electron chi connectivity index (χ3n) is 10.7. The van der Waals surface area contributed by atoms with Crippen LogP contribution in [0.15, 0.2) is 195 Å². The first-order chi connectivity index (χ1) is 30.6. The van der Waals surface area contributed by atoms with Gasteiger partial charge in [0, 0.05) is 56.3 Å². The highest BCUT2D eigenvalue weighted by Crippen LogP contribution is 2.37. The van der Waals surface area contributed by atoms with Crippen molar-refractivity contribution in [2.75, 3.05) is 9.80 Å². The van der Waals surface area contributed by atoms with E-state index >= 15 is 0 Å². The van der Waals surface area contributed by atoms with Crippen LogP contribution in [0.4, 0.5) is 34.1 Å². The van der Waals surface area contributed by atoms with Crippen molar-refractivity contribution in [2.24, 2.45) is 0 Å². The Kier molecular flexibility index (Phi) is 12.2. The van der Waals surface area contributed by atoms with Crippen LogP contribution in [-0.4, -0.2) is 19.1 Å². The van der Waals surface area contributed by atoms with Gasteiger partial charge in [0.25, 0.3) is 0 Å². The first kappa shape index (κ1) is 40.8. The number of rotatable bonds is 11. The molecule has 62 heavy (non-hydrogen) atoms. The second-order valence-corrected chi connectivity index (χ2v) is 14.3. The summed E-state index contributed by atoms with van der Waals surface area (Å²) in [6.45, 7) is 16.4. The minimum absolute atomic E-state index is 0.740. The summed E-state index contributed by atoms with van der Waals surface area (Å²) in [6.07, 6.45) is 12.0. The molecule has 6 nitrogen and oxygen atoms in total. The fraction of sp³-hybridized carbons (Fsp3) is 0.0714. The van der Waals surface area contributed by atoms with E-state index in [0.29, 0.717) is 0 Å². The molecule has 3 aromatic heterocycles. The molecule has 0 saturated carbocycles. The lowest BCUT2D eigenvalue weighted by Crippen LogP contribution is -2.28. The highest BCUT2D eigenvalue weighted by molar-refractivity contribution is 5.95. The van der Waals surface area contributed by atoms with Crippen LogP contribution in [0.1, 0.15) is 39.0 Å². The molecular weight excluding hydrogens is 757 g/mol. The molecule has 6 aromatic carbocycles. The molecule has 9 aromatic rings. The van der Waals surface area contributed by atoms with Crippen LogP contribution < -0.4 is 20.4 Å². The molecule has 304 valence electrons. The van der Waals surface area contributed by atoms with Gasteiger partial charge in [0.15, 0.2) is 11.3 Å². The van der Waals surface area contributed by atoms with E-state index in [1.54, 1.807) is 0 Å². The van der Waals surface area contributed by atoms with Crippen molar-refractivity contribution < 1.29 is 0 Å². The molecule has 0 fully saturated rings. The highest BCUT2D eigenvalue weighted by atomic mass is 15.2. The summed E-state index contributed by atoms with van der Waals surface area (Å²) in [7, 11) is 0. The number of para-hydroxylation sites is 4. The third kappa shape index (κ3) is 7.55. The molecular formula is C56H50N6. The maximum Gasteiger partial charge on any atom is 0.166 e. The largest absolute Gasteiger partial charge is 0.311 e. The maximum atomic E-state index is 5.55. The number of hydrogen-bond donors (Lipinski definition) is 0. The first-order valence-corrected chi connectivity index (χ1v) is 21.2. The van der Waals surface area contributed by atoms with Crippen LogP contribution in [0.5, 0.6) is 0 Å². The molecule has 0 aliphatic carbocycles. The number of hydrogen-bond acceptors (Lipinski definition) is 4. The third-order valence-corrected chi connectivity index (χ3v) is 10.7. The van der Waals surface area contributed by atoms with Gasteiger partial charge < -0.3 is 9.80 Å². The van der Waals surface area contributed by atoms with E-state index in [9.17, 15) is 0 Å². The van der Waals surface area contributed by atoms with Crippen LogP contribution in [0, 0.1) is 0 Å². The molecule has 0 bridgehead atoms. The number of fused-ring (bicyclic) bond motifs is 2. The Balaban J connectivity index is 0.00000261. The molecule has 0 N–H and O–H groups in total. The van der Waals surface area contributed by atoms with Gasteiger partial charge in [-0.1, -0.05) is 124 Å². The van der Waals surface area contributed by atoms with Gasteiger partial charge in [0.05, 0.1) is 11.0 Å². The number of anilines is 6. The molecule has 0 aliphatic rings. The predicted octanol–water partition coefficient (Wildman–Crippen LogP) is 13.8. The molecule has 6 heteroatoms. The summed E-state index contributed by atoms with van der Waals surface area (Å²) < 4.78 is 4.39. The normalized spacial score (nSPS) is 11.8. The minimum Gasteiger partial charge on any atom is -0.311 e. The standard InChI is InChI=1S/C54H44N6.C2H6/c1-5-21-49-47(7-3)51-53(59(49)45-35-31-43(32-36-45)57(39-23-13-9-14-24-39)40-25-15-10-16-26-40)56-54-52(55-51)48(8-4)50(22-6-2)60(54)46-37-33-44(34-38-46)58(41-27-17-11-18-28-41)42-29-19-12-20-30-42;1-2/h5-38H,1,4H2,2-3H3;1-2H3/b22-6-,47-7+,49-21+;. The van der Waals surface area contributed by atoms with Gasteiger partial charge in [-0.15, -0.1) is 0 Å². The Labute approximate surface area is 364 Å². The number of benzene rings is 6.